The Balaban J connectivity index is 2.30. The van der Waals surface area contributed by atoms with Crippen molar-refractivity contribution in [2.45, 2.75) is 45.3 Å². The quantitative estimate of drug-likeness (QED) is 0.460. The molecule has 1 aromatic rings. The SMILES string of the molecule is C=CCCOc1ccc(OC)cc1B1OC(C)(C)C(C)(C)O1. The van der Waals surface area contributed by atoms with Crippen LogP contribution in [-0.2, 0) is 9.31 Å². The van der Waals surface area contributed by atoms with Crippen molar-refractivity contribution in [3.8, 4) is 11.5 Å². The van der Waals surface area contributed by atoms with Gasteiger partial charge in [0.15, 0.2) is 0 Å². The van der Waals surface area contributed by atoms with Crippen molar-refractivity contribution >= 4 is 12.6 Å². The van der Waals surface area contributed by atoms with Gasteiger partial charge in [0.25, 0.3) is 0 Å². The lowest BCUT2D eigenvalue weighted by atomic mass is 9.78. The van der Waals surface area contributed by atoms with E-state index < -0.39 is 7.12 Å². The first-order valence-electron chi connectivity index (χ1n) is 7.58. The molecule has 1 heterocycles. The number of hydrogen-bond acceptors (Lipinski definition) is 4. The number of benzene rings is 1. The zero-order chi connectivity index (χ0) is 16.4. The number of methoxy groups -OCH3 is 1. The minimum Gasteiger partial charge on any atom is -0.497 e. The Labute approximate surface area is 133 Å². The van der Waals surface area contributed by atoms with Gasteiger partial charge in [0.1, 0.15) is 11.5 Å². The van der Waals surface area contributed by atoms with Crippen LogP contribution in [0.4, 0.5) is 0 Å². The van der Waals surface area contributed by atoms with Crippen LogP contribution in [0.2, 0.25) is 0 Å². The first-order chi connectivity index (χ1) is 10.3. The zero-order valence-corrected chi connectivity index (χ0v) is 14.1. The molecular formula is C17H25BO4. The van der Waals surface area contributed by atoms with E-state index in [0.29, 0.717) is 6.61 Å². The van der Waals surface area contributed by atoms with Gasteiger partial charge in [-0.1, -0.05) is 6.08 Å². The van der Waals surface area contributed by atoms with Gasteiger partial charge in [-0.05, 0) is 52.3 Å². The average Bonchev–Trinajstić information content (AvgIpc) is 2.68. The highest BCUT2D eigenvalue weighted by molar-refractivity contribution is 6.63. The molecule has 0 spiro atoms. The molecule has 4 nitrogen and oxygen atoms in total. The number of rotatable bonds is 6. The van der Waals surface area contributed by atoms with Crippen LogP contribution in [0.5, 0.6) is 11.5 Å². The Kier molecular flexibility index (Phi) is 4.88. The van der Waals surface area contributed by atoms with Crippen LogP contribution in [0, 0.1) is 0 Å². The molecule has 1 aliphatic heterocycles. The van der Waals surface area contributed by atoms with E-state index in [4.69, 9.17) is 18.8 Å². The van der Waals surface area contributed by atoms with Crippen molar-refractivity contribution in [1.82, 2.24) is 0 Å². The topological polar surface area (TPSA) is 36.9 Å². The van der Waals surface area contributed by atoms with Gasteiger partial charge in [-0.2, -0.15) is 0 Å². The maximum absolute atomic E-state index is 6.12. The number of ether oxygens (including phenoxy) is 2. The summed E-state index contributed by atoms with van der Waals surface area (Å²) >= 11 is 0. The van der Waals surface area contributed by atoms with E-state index in [1.807, 2.05) is 52.0 Å². The van der Waals surface area contributed by atoms with E-state index in [0.717, 1.165) is 23.4 Å². The van der Waals surface area contributed by atoms with Crippen molar-refractivity contribution in [3.05, 3.63) is 30.9 Å². The van der Waals surface area contributed by atoms with Crippen molar-refractivity contribution < 1.29 is 18.8 Å². The summed E-state index contributed by atoms with van der Waals surface area (Å²) in [5, 5.41) is 0. The van der Waals surface area contributed by atoms with Crippen LogP contribution in [0.25, 0.3) is 0 Å². The Bertz CT molecular complexity index is 523. The minimum atomic E-state index is -0.473. The summed E-state index contributed by atoms with van der Waals surface area (Å²) in [6, 6.07) is 5.67. The summed E-state index contributed by atoms with van der Waals surface area (Å²) in [5.74, 6) is 1.50. The van der Waals surface area contributed by atoms with Crippen LogP contribution in [0.15, 0.2) is 30.9 Å². The molecule has 0 radical (unpaired) electrons. The molecule has 0 saturated carbocycles. The van der Waals surface area contributed by atoms with E-state index in [1.54, 1.807) is 7.11 Å². The highest BCUT2D eigenvalue weighted by atomic mass is 16.7. The number of hydrogen-bond donors (Lipinski definition) is 0. The van der Waals surface area contributed by atoms with E-state index in [1.165, 1.54) is 0 Å². The van der Waals surface area contributed by atoms with E-state index in [2.05, 4.69) is 6.58 Å². The Hall–Kier alpha value is -1.46. The summed E-state index contributed by atoms with van der Waals surface area (Å²) in [6.07, 6.45) is 2.62. The van der Waals surface area contributed by atoms with Crippen LogP contribution >= 0.6 is 0 Å². The smallest absolute Gasteiger partial charge is 0.497 e. The molecule has 1 aliphatic rings. The highest BCUT2D eigenvalue weighted by Crippen LogP contribution is 2.37. The summed E-state index contributed by atoms with van der Waals surface area (Å²) in [7, 11) is 1.17. The predicted octanol–water partition coefficient (Wildman–Crippen LogP) is 2.95. The zero-order valence-electron chi connectivity index (χ0n) is 14.1. The summed E-state index contributed by atoms with van der Waals surface area (Å²) in [6.45, 7) is 12.4. The fraction of sp³-hybridized carbons (Fsp3) is 0.529. The van der Waals surface area contributed by atoms with Gasteiger partial charge in [0.05, 0.1) is 24.9 Å². The third-order valence-corrected chi connectivity index (χ3v) is 4.30. The molecular weight excluding hydrogens is 279 g/mol. The van der Waals surface area contributed by atoms with Gasteiger partial charge in [-0.3, -0.25) is 0 Å². The lowest BCUT2D eigenvalue weighted by molar-refractivity contribution is 0.00578. The maximum Gasteiger partial charge on any atom is 0.498 e. The fourth-order valence-corrected chi connectivity index (χ4v) is 2.19. The molecule has 0 bridgehead atoms. The van der Waals surface area contributed by atoms with Crippen molar-refractivity contribution in [1.29, 1.82) is 0 Å². The van der Waals surface area contributed by atoms with Gasteiger partial charge in [0, 0.05) is 5.46 Å². The second-order valence-corrected chi connectivity index (χ2v) is 6.42. The molecule has 1 aromatic carbocycles. The lowest BCUT2D eigenvalue weighted by Crippen LogP contribution is -2.41. The highest BCUT2D eigenvalue weighted by Gasteiger charge is 2.52. The van der Waals surface area contributed by atoms with Crippen LogP contribution < -0.4 is 14.9 Å². The molecule has 2 rings (SSSR count). The standard InChI is InChI=1S/C17H25BO4/c1-7-8-11-20-15-10-9-13(19-6)12-14(15)18-21-16(2,3)17(4,5)22-18/h7,9-10,12H,1,8,11H2,2-6H3. The Morgan fingerprint density at radius 1 is 1.18 bits per heavy atom. The predicted molar refractivity (Wildman–Crippen MR) is 89.0 cm³/mol. The third kappa shape index (κ3) is 3.31. The lowest BCUT2D eigenvalue weighted by Gasteiger charge is -2.32. The Morgan fingerprint density at radius 3 is 2.36 bits per heavy atom. The molecule has 0 atom stereocenters. The molecule has 0 N–H and O–H groups in total. The molecule has 0 aromatic heterocycles. The largest absolute Gasteiger partial charge is 0.498 e. The summed E-state index contributed by atoms with van der Waals surface area (Å²) < 4.78 is 23.4. The van der Waals surface area contributed by atoms with Gasteiger partial charge < -0.3 is 18.8 Å². The van der Waals surface area contributed by atoms with E-state index in [-0.39, 0.29) is 11.2 Å². The van der Waals surface area contributed by atoms with Crippen LogP contribution in [0.3, 0.4) is 0 Å². The van der Waals surface area contributed by atoms with Gasteiger partial charge in [-0.25, -0.2) is 0 Å². The third-order valence-electron chi connectivity index (χ3n) is 4.30. The maximum atomic E-state index is 6.12. The molecule has 5 heteroatoms. The molecule has 22 heavy (non-hydrogen) atoms. The van der Waals surface area contributed by atoms with E-state index in [9.17, 15) is 0 Å². The molecule has 0 amide bonds. The summed E-state index contributed by atoms with van der Waals surface area (Å²) in [5.41, 5.74) is 0.0696. The molecule has 1 fully saturated rings. The Morgan fingerprint density at radius 2 is 1.82 bits per heavy atom. The van der Waals surface area contributed by atoms with E-state index >= 15 is 0 Å². The first-order valence-corrected chi connectivity index (χ1v) is 7.58. The second kappa shape index (κ2) is 6.35. The molecule has 1 saturated heterocycles. The normalized spacial score (nSPS) is 19.0. The molecule has 120 valence electrons. The average molecular weight is 304 g/mol. The van der Waals surface area contributed by atoms with Crippen molar-refractivity contribution in [3.63, 3.8) is 0 Å². The minimum absolute atomic E-state index is 0.390. The van der Waals surface area contributed by atoms with Gasteiger partial charge in [0.2, 0.25) is 0 Å². The van der Waals surface area contributed by atoms with Gasteiger partial charge >= 0.3 is 7.12 Å². The van der Waals surface area contributed by atoms with Gasteiger partial charge in [-0.15, -0.1) is 6.58 Å². The van der Waals surface area contributed by atoms with Crippen molar-refractivity contribution in [2.24, 2.45) is 0 Å². The second-order valence-electron chi connectivity index (χ2n) is 6.42. The van der Waals surface area contributed by atoms with Crippen LogP contribution in [0.1, 0.15) is 34.1 Å². The summed E-state index contributed by atoms with van der Waals surface area (Å²) in [4.78, 5) is 0. The first kappa shape index (κ1) is 16.9. The fourth-order valence-electron chi connectivity index (χ4n) is 2.19. The monoisotopic (exact) mass is 304 g/mol. The van der Waals surface area contributed by atoms with Crippen molar-refractivity contribution in [2.75, 3.05) is 13.7 Å². The molecule has 0 aliphatic carbocycles. The molecule has 0 unspecified atom stereocenters. The van der Waals surface area contributed by atoms with Crippen LogP contribution in [-0.4, -0.2) is 32.0 Å².